The zero-order valence-electron chi connectivity index (χ0n) is 13.5. The number of phenols is 1. The Hall–Kier alpha value is -3.26. The maximum absolute atomic E-state index is 12.3. The van der Waals surface area contributed by atoms with Gasteiger partial charge in [-0.25, -0.2) is 0 Å². The van der Waals surface area contributed by atoms with Gasteiger partial charge in [-0.2, -0.15) is 5.26 Å². The summed E-state index contributed by atoms with van der Waals surface area (Å²) in [6.45, 7) is 1.85. The van der Waals surface area contributed by atoms with Gasteiger partial charge in [-0.05, 0) is 36.3 Å². The van der Waals surface area contributed by atoms with Gasteiger partial charge in [0.15, 0.2) is 11.5 Å². The zero-order chi connectivity index (χ0) is 17.5. The number of ether oxygens (including phenoxy) is 1. The number of carbonyl (C=O) groups is 1. The highest BCUT2D eigenvalue weighted by Gasteiger charge is 2.14. The van der Waals surface area contributed by atoms with Crippen LogP contribution in [0.3, 0.4) is 0 Å². The molecule has 0 aliphatic carbocycles. The molecule has 0 saturated carbocycles. The van der Waals surface area contributed by atoms with Crippen LogP contribution in [-0.2, 0) is 4.79 Å². The van der Waals surface area contributed by atoms with Gasteiger partial charge in [0.05, 0.1) is 13.2 Å². The summed E-state index contributed by atoms with van der Waals surface area (Å²) in [5.74, 6) is -0.185. The van der Waals surface area contributed by atoms with Crippen molar-refractivity contribution >= 4 is 12.0 Å². The lowest BCUT2D eigenvalue weighted by atomic mass is 10.1. The lowest BCUT2D eigenvalue weighted by Crippen LogP contribution is -2.27. The summed E-state index contributed by atoms with van der Waals surface area (Å²) in [5.41, 5.74) is 1.52. The lowest BCUT2D eigenvalue weighted by Gasteiger charge is -2.13. The number of nitrogens with zero attached hydrogens (tertiary/aromatic N) is 1. The molecule has 0 heterocycles. The zero-order valence-corrected chi connectivity index (χ0v) is 13.5. The van der Waals surface area contributed by atoms with E-state index in [9.17, 15) is 15.2 Å². The Bertz CT molecular complexity index is 792. The SMILES string of the molecule is COc1cc(/C=C(\C#N)C(=O)N[C@@H](C)c2ccccc2)ccc1O. The summed E-state index contributed by atoms with van der Waals surface area (Å²) in [6, 6.07) is 15.8. The first-order valence-electron chi connectivity index (χ1n) is 7.39. The van der Waals surface area contributed by atoms with E-state index in [0.717, 1.165) is 5.56 Å². The van der Waals surface area contributed by atoms with Crippen LogP contribution < -0.4 is 10.1 Å². The van der Waals surface area contributed by atoms with Crippen molar-refractivity contribution in [1.29, 1.82) is 5.26 Å². The molecule has 5 heteroatoms. The number of rotatable bonds is 5. The van der Waals surface area contributed by atoms with Gasteiger partial charge in [-0.3, -0.25) is 4.79 Å². The number of nitriles is 1. The second-order valence-corrected chi connectivity index (χ2v) is 5.21. The first-order chi connectivity index (χ1) is 11.5. The Morgan fingerprint density at radius 3 is 2.62 bits per heavy atom. The topological polar surface area (TPSA) is 82.3 Å². The molecular weight excluding hydrogens is 304 g/mol. The monoisotopic (exact) mass is 322 g/mol. The molecule has 2 aromatic carbocycles. The number of nitrogens with one attached hydrogen (secondary N) is 1. The van der Waals surface area contributed by atoms with Crippen LogP contribution >= 0.6 is 0 Å². The van der Waals surface area contributed by atoms with Gasteiger partial charge >= 0.3 is 0 Å². The molecule has 0 fully saturated rings. The van der Waals surface area contributed by atoms with Gasteiger partial charge in [0, 0.05) is 0 Å². The molecule has 0 radical (unpaired) electrons. The van der Waals surface area contributed by atoms with E-state index >= 15 is 0 Å². The Kier molecular flexibility index (Phi) is 5.58. The van der Waals surface area contributed by atoms with Crippen molar-refractivity contribution in [1.82, 2.24) is 5.32 Å². The predicted molar refractivity (Wildman–Crippen MR) is 91.2 cm³/mol. The van der Waals surface area contributed by atoms with Gasteiger partial charge in [0.25, 0.3) is 5.91 Å². The third kappa shape index (κ3) is 4.14. The van der Waals surface area contributed by atoms with Crippen molar-refractivity contribution in [3.8, 4) is 17.6 Å². The molecule has 1 amide bonds. The van der Waals surface area contributed by atoms with Crippen molar-refractivity contribution in [2.24, 2.45) is 0 Å². The molecule has 2 aromatic rings. The molecular formula is C19H18N2O3. The average molecular weight is 322 g/mol. The number of phenolic OH excluding ortho intramolecular Hbond substituents is 1. The van der Waals surface area contributed by atoms with Crippen LogP contribution in [0.5, 0.6) is 11.5 Å². The van der Waals surface area contributed by atoms with E-state index in [2.05, 4.69) is 5.32 Å². The Labute approximate surface area is 140 Å². The molecule has 24 heavy (non-hydrogen) atoms. The molecule has 0 aliphatic rings. The molecule has 0 bridgehead atoms. The van der Waals surface area contributed by atoms with Crippen LogP contribution in [0.4, 0.5) is 0 Å². The Balaban J connectivity index is 2.18. The van der Waals surface area contributed by atoms with Gasteiger partial charge in [-0.1, -0.05) is 36.4 Å². The number of hydrogen-bond acceptors (Lipinski definition) is 4. The largest absolute Gasteiger partial charge is 0.504 e. The maximum Gasteiger partial charge on any atom is 0.262 e. The summed E-state index contributed by atoms with van der Waals surface area (Å²) in [6.07, 6.45) is 1.45. The molecule has 0 aromatic heterocycles. The van der Waals surface area contributed by atoms with E-state index in [1.54, 1.807) is 12.1 Å². The second-order valence-electron chi connectivity index (χ2n) is 5.21. The third-order valence-corrected chi connectivity index (χ3v) is 3.53. The van der Waals surface area contributed by atoms with Crippen LogP contribution in [0.25, 0.3) is 6.08 Å². The van der Waals surface area contributed by atoms with E-state index in [1.165, 1.54) is 19.3 Å². The number of benzene rings is 2. The molecule has 122 valence electrons. The number of aromatic hydroxyl groups is 1. The molecule has 2 rings (SSSR count). The fourth-order valence-electron chi connectivity index (χ4n) is 2.20. The van der Waals surface area contributed by atoms with Gasteiger partial charge in [0.2, 0.25) is 0 Å². The standard InChI is InChI=1S/C19H18N2O3/c1-13(15-6-4-3-5-7-15)21-19(23)16(12-20)10-14-8-9-17(22)18(11-14)24-2/h3-11,13,22H,1-2H3,(H,21,23)/b16-10+/t13-/m0/s1. The molecule has 0 unspecified atom stereocenters. The first kappa shape index (κ1) is 17.1. The van der Waals surface area contributed by atoms with Crippen LogP contribution in [0.15, 0.2) is 54.1 Å². The highest BCUT2D eigenvalue weighted by atomic mass is 16.5. The Morgan fingerprint density at radius 1 is 1.29 bits per heavy atom. The normalized spacial score (nSPS) is 12.1. The summed E-state index contributed by atoms with van der Waals surface area (Å²) in [7, 11) is 1.43. The van der Waals surface area contributed by atoms with Gasteiger partial charge in [-0.15, -0.1) is 0 Å². The van der Waals surface area contributed by atoms with E-state index in [1.807, 2.05) is 43.3 Å². The summed E-state index contributed by atoms with van der Waals surface area (Å²) < 4.78 is 5.02. The number of methoxy groups -OCH3 is 1. The first-order valence-corrected chi connectivity index (χ1v) is 7.39. The maximum atomic E-state index is 12.3. The van der Waals surface area contributed by atoms with Crippen LogP contribution in [0.1, 0.15) is 24.1 Å². The third-order valence-electron chi connectivity index (χ3n) is 3.53. The highest BCUT2D eigenvalue weighted by molar-refractivity contribution is 6.01. The van der Waals surface area contributed by atoms with Crippen LogP contribution in [0, 0.1) is 11.3 Å². The molecule has 5 nitrogen and oxygen atoms in total. The molecule has 1 atom stereocenters. The fourth-order valence-corrected chi connectivity index (χ4v) is 2.20. The number of carbonyl (C=O) groups excluding carboxylic acids is 1. The van der Waals surface area contributed by atoms with E-state index in [4.69, 9.17) is 4.74 Å². The molecule has 0 spiro atoms. The molecule has 0 aliphatic heterocycles. The second kappa shape index (κ2) is 7.84. The highest BCUT2D eigenvalue weighted by Crippen LogP contribution is 2.27. The fraction of sp³-hybridized carbons (Fsp3) is 0.158. The van der Waals surface area contributed by atoms with Crippen molar-refractivity contribution in [3.63, 3.8) is 0 Å². The number of amides is 1. The molecule has 0 saturated heterocycles. The van der Waals surface area contributed by atoms with Crippen molar-refractivity contribution < 1.29 is 14.6 Å². The van der Waals surface area contributed by atoms with E-state index in [-0.39, 0.29) is 23.1 Å². The quantitative estimate of drug-likeness (QED) is 0.654. The summed E-state index contributed by atoms with van der Waals surface area (Å²) in [4.78, 5) is 12.3. The van der Waals surface area contributed by atoms with Crippen molar-refractivity contribution in [2.45, 2.75) is 13.0 Å². The van der Waals surface area contributed by atoms with Crippen LogP contribution in [0.2, 0.25) is 0 Å². The van der Waals surface area contributed by atoms with Gasteiger partial charge < -0.3 is 15.2 Å². The van der Waals surface area contributed by atoms with E-state index in [0.29, 0.717) is 5.56 Å². The van der Waals surface area contributed by atoms with Crippen LogP contribution in [-0.4, -0.2) is 18.1 Å². The lowest BCUT2D eigenvalue weighted by molar-refractivity contribution is -0.117. The molecule has 2 N–H and O–H groups in total. The Morgan fingerprint density at radius 2 is 2.00 bits per heavy atom. The minimum absolute atomic E-state index is 0.00434. The summed E-state index contributed by atoms with van der Waals surface area (Å²) >= 11 is 0. The van der Waals surface area contributed by atoms with Crippen molar-refractivity contribution in [2.75, 3.05) is 7.11 Å². The van der Waals surface area contributed by atoms with Crippen molar-refractivity contribution in [3.05, 3.63) is 65.2 Å². The number of hydrogen-bond donors (Lipinski definition) is 2. The van der Waals surface area contributed by atoms with E-state index < -0.39 is 5.91 Å². The van der Waals surface area contributed by atoms with Gasteiger partial charge in [0.1, 0.15) is 11.6 Å². The predicted octanol–water partition coefficient (Wildman–Crippen LogP) is 3.19. The minimum atomic E-state index is -0.458. The average Bonchev–Trinajstić information content (AvgIpc) is 2.61. The smallest absolute Gasteiger partial charge is 0.262 e. The summed E-state index contributed by atoms with van der Waals surface area (Å²) in [5, 5.41) is 21.7. The minimum Gasteiger partial charge on any atom is -0.504 e.